The zero-order valence-electron chi connectivity index (χ0n) is 20.0. The quantitative estimate of drug-likeness (QED) is 0.303. The monoisotopic (exact) mass is 574 g/mol. The number of guanidine groups is 1. The summed E-state index contributed by atoms with van der Waals surface area (Å²) in [6.07, 6.45) is 12.1. The van der Waals surface area contributed by atoms with E-state index in [1.165, 1.54) is 94.7 Å². The maximum absolute atomic E-state index is 4.62. The van der Waals surface area contributed by atoms with E-state index in [0.29, 0.717) is 6.04 Å². The van der Waals surface area contributed by atoms with Crippen LogP contribution in [0.25, 0.3) is 0 Å². The summed E-state index contributed by atoms with van der Waals surface area (Å²) < 4.78 is 0. The molecule has 0 amide bonds. The Morgan fingerprint density at radius 1 is 1.06 bits per heavy atom. The first-order valence-electron chi connectivity index (χ1n) is 12.5. The summed E-state index contributed by atoms with van der Waals surface area (Å²) in [5.74, 6) is 1.73. The zero-order valence-corrected chi connectivity index (χ0v) is 23.2. The molecule has 0 spiro atoms. The van der Waals surface area contributed by atoms with Gasteiger partial charge in [0.2, 0.25) is 0 Å². The standard InChI is InChI=1S/C24H42N6S.HI/c1-19-27-22(18-31-19)17-29-12-8-20(9-13-29)16-26-24(25-2)28-21-10-14-30(15-11-21)23-6-4-3-5-7-23;/h18,20-21,23H,3-17H2,1-2H3,(H2,25,26,28);1H. The minimum Gasteiger partial charge on any atom is -0.356 e. The van der Waals surface area contributed by atoms with Crippen LogP contribution in [0.3, 0.4) is 0 Å². The van der Waals surface area contributed by atoms with E-state index in [-0.39, 0.29) is 24.0 Å². The molecule has 8 heteroatoms. The van der Waals surface area contributed by atoms with Gasteiger partial charge in [0.15, 0.2) is 5.96 Å². The van der Waals surface area contributed by atoms with Gasteiger partial charge in [-0.15, -0.1) is 35.3 Å². The molecule has 3 aliphatic rings. The number of rotatable bonds is 6. The van der Waals surface area contributed by atoms with Gasteiger partial charge in [-0.3, -0.25) is 9.89 Å². The summed E-state index contributed by atoms with van der Waals surface area (Å²) in [6, 6.07) is 1.42. The van der Waals surface area contributed by atoms with Crippen LogP contribution in [0.5, 0.6) is 0 Å². The molecule has 2 saturated heterocycles. The Labute approximate surface area is 216 Å². The molecule has 0 radical (unpaired) electrons. The minimum absolute atomic E-state index is 0. The van der Waals surface area contributed by atoms with Gasteiger partial charge in [0.05, 0.1) is 10.7 Å². The molecule has 0 aromatic carbocycles. The van der Waals surface area contributed by atoms with Gasteiger partial charge in [-0.05, 0) is 64.5 Å². The van der Waals surface area contributed by atoms with E-state index >= 15 is 0 Å². The van der Waals surface area contributed by atoms with Crippen LogP contribution in [-0.4, -0.2) is 72.6 Å². The van der Waals surface area contributed by atoms with Gasteiger partial charge in [0, 0.05) is 50.7 Å². The molecule has 4 rings (SSSR count). The fourth-order valence-electron chi connectivity index (χ4n) is 5.54. The van der Waals surface area contributed by atoms with E-state index in [0.717, 1.165) is 31.0 Å². The molecule has 1 aliphatic carbocycles. The van der Waals surface area contributed by atoms with Crippen LogP contribution in [0.4, 0.5) is 0 Å². The molecule has 1 saturated carbocycles. The van der Waals surface area contributed by atoms with Gasteiger partial charge in [-0.25, -0.2) is 4.98 Å². The number of piperidine rings is 2. The maximum atomic E-state index is 4.62. The number of aromatic nitrogens is 1. The third-order valence-corrected chi connectivity index (χ3v) is 8.32. The number of nitrogens with one attached hydrogen (secondary N) is 2. The maximum Gasteiger partial charge on any atom is 0.191 e. The Hall–Kier alpha value is -0.450. The average Bonchev–Trinajstić information content (AvgIpc) is 3.23. The van der Waals surface area contributed by atoms with Gasteiger partial charge in [0.25, 0.3) is 0 Å². The second-order valence-corrected chi connectivity index (χ2v) is 10.8. The first-order chi connectivity index (χ1) is 15.2. The van der Waals surface area contributed by atoms with Crippen molar-refractivity contribution in [2.24, 2.45) is 10.9 Å². The van der Waals surface area contributed by atoms with E-state index in [1.54, 1.807) is 11.3 Å². The Morgan fingerprint density at radius 2 is 1.78 bits per heavy atom. The number of aryl methyl sites for hydroxylation is 1. The van der Waals surface area contributed by atoms with Gasteiger partial charge < -0.3 is 15.5 Å². The van der Waals surface area contributed by atoms with Crippen LogP contribution in [0.15, 0.2) is 10.4 Å². The molecular formula is C24H43IN6S. The molecule has 182 valence electrons. The summed E-state index contributed by atoms with van der Waals surface area (Å²) in [7, 11) is 1.91. The van der Waals surface area contributed by atoms with Gasteiger partial charge in [0.1, 0.15) is 0 Å². The molecule has 3 heterocycles. The second-order valence-electron chi connectivity index (χ2n) is 9.78. The fraction of sp³-hybridized carbons (Fsp3) is 0.833. The molecule has 2 aliphatic heterocycles. The number of thiazole rings is 1. The fourth-order valence-corrected chi connectivity index (χ4v) is 6.15. The molecule has 0 bridgehead atoms. The second kappa shape index (κ2) is 13.4. The lowest BCUT2D eigenvalue weighted by Gasteiger charge is -2.39. The van der Waals surface area contributed by atoms with Crippen LogP contribution < -0.4 is 10.6 Å². The summed E-state index contributed by atoms with van der Waals surface area (Å²) in [6.45, 7) is 8.97. The lowest BCUT2D eigenvalue weighted by Crippen LogP contribution is -2.51. The number of hydrogen-bond donors (Lipinski definition) is 2. The van der Waals surface area contributed by atoms with Crippen LogP contribution >= 0.6 is 35.3 Å². The molecule has 0 atom stereocenters. The average molecular weight is 575 g/mol. The third-order valence-electron chi connectivity index (χ3n) is 7.50. The van der Waals surface area contributed by atoms with Crippen LogP contribution in [-0.2, 0) is 6.54 Å². The smallest absolute Gasteiger partial charge is 0.191 e. The van der Waals surface area contributed by atoms with Crippen molar-refractivity contribution in [3.63, 3.8) is 0 Å². The van der Waals surface area contributed by atoms with E-state index in [9.17, 15) is 0 Å². The highest BCUT2D eigenvalue weighted by Crippen LogP contribution is 2.25. The first-order valence-corrected chi connectivity index (χ1v) is 13.4. The van der Waals surface area contributed by atoms with Crippen LogP contribution in [0.2, 0.25) is 0 Å². The number of hydrogen-bond acceptors (Lipinski definition) is 5. The van der Waals surface area contributed by atoms with E-state index in [4.69, 9.17) is 0 Å². The van der Waals surface area contributed by atoms with Crippen molar-refractivity contribution in [2.75, 3.05) is 39.8 Å². The summed E-state index contributed by atoms with van der Waals surface area (Å²) in [5, 5.41) is 10.7. The number of nitrogens with zero attached hydrogens (tertiary/aromatic N) is 4. The van der Waals surface area contributed by atoms with Crippen molar-refractivity contribution >= 4 is 41.3 Å². The van der Waals surface area contributed by atoms with Gasteiger partial charge in [-0.2, -0.15) is 0 Å². The molecular weight excluding hydrogens is 531 g/mol. The minimum atomic E-state index is 0. The topological polar surface area (TPSA) is 55.8 Å². The normalized spacial score (nSPS) is 23.1. The summed E-state index contributed by atoms with van der Waals surface area (Å²) >= 11 is 1.76. The van der Waals surface area contributed by atoms with Crippen LogP contribution in [0.1, 0.15) is 68.5 Å². The third kappa shape index (κ3) is 7.81. The summed E-state index contributed by atoms with van der Waals surface area (Å²) in [4.78, 5) is 14.4. The number of aliphatic imine (C=N–C) groups is 1. The van der Waals surface area contributed by atoms with Gasteiger partial charge >= 0.3 is 0 Å². The number of likely N-dealkylation sites (tertiary alicyclic amines) is 2. The Kier molecular flexibility index (Phi) is 11.0. The zero-order chi connectivity index (χ0) is 21.5. The molecule has 32 heavy (non-hydrogen) atoms. The lowest BCUT2D eigenvalue weighted by molar-refractivity contribution is 0.119. The highest BCUT2D eigenvalue weighted by Gasteiger charge is 2.27. The van der Waals surface area contributed by atoms with E-state index < -0.39 is 0 Å². The predicted octanol–water partition coefficient (Wildman–Crippen LogP) is 4.24. The van der Waals surface area contributed by atoms with Crippen molar-refractivity contribution in [3.8, 4) is 0 Å². The van der Waals surface area contributed by atoms with Crippen molar-refractivity contribution in [3.05, 3.63) is 16.1 Å². The van der Waals surface area contributed by atoms with Gasteiger partial charge in [-0.1, -0.05) is 19.3 Å². The van der Waals surface area contributed by atoms with E-state index in [2.05, 4.69) is 42.7 Å². The molecule has 3 fully saturated rings. The van der Waals surface area contributed by atoms with E-state index in [1.807, 2.05) is 7.05 Å². The van der Waals surface area contributed by atoms with Crippen molar-refractivity contribution in [1.82, 2.24) is 25.4 Å². The van der Waals surface area contributed by atoms with Crippen LogP contribution in [0, 0.1) is 12.8 Å². The van der Waals surface area contributed by atoms with Crippen molar-refractivity contribution in [1.29, 1.82) is 0 Å². The first kappa shape index (κ1) is 26.2. The summed E-state index contributed by atoms with van der Waals surface area (Å²) in [5.41, 5.74) is 1.23. The molecule has 2 N–H and O–H groups in total. The van der Waals surface area contributed by atoms with Crippen molar-refractivity contribution in [2.45, 2.75) is 83.3 Å². The molecule has 1 aromatic rings. The molecule has 6 nitrogen and oxygen atoms in total. The SMILES string of the molecule is CN=C(NCC1CCN(Cc2csc(C)n2)CC1)NC1CCN(C2CCCCC2)CC1.I. The Bertz CT molecular complexity index is 688. The Morgan fingerprint density at radius 3 is 2.41 bits per heavy atom. The van der Waals surface area contributed by atoms with Crippen molar-refractivity contribution < 1.29 is 0 Å². The predicted molar refractivity (Wildman–Crippen MR) is 146 cm³/mol. The highest BCUT2D eigenvalue weighted by atomic mass is 127. The lowest BCUT2D eigenvalue weighted by atomic mass is 9.92. The number of halogens is 1. The molecule has 1 aromatic heterocycles. The largest absolute Gasteiger partial charge is 0.356 e. The molecule has 0 unspecified atom stereocenters. The highest BCUT2D eigenvalue weighted by molar-refractivity contribution is 14.0. The Balaban J connectivity index is 0.00000289.